The van der Waals surface area contributed by atoms with Crippen molar-refractivity contribution in [1.29, 1.82) is 0 Å². The fourth-order valence-electron chi connectivity index (χ4n) is 4.94. The molecule has 4 rings (SSSR count). The number of hydrogen-bond acceptors (Lipinski definition) is 5. The Kier molecular flexibility index (Phi) is 5.88. The minimum atomic E-state index is 0.0611. The van der Waals surface area contributed by atoms with Crippen LogP contribution < -0.4 is 0 Å². The highest BCUT2D eigenvalue weighted by Gasteiger charge is 2.41. The van der Waals surface area contributed by atoms with Crippen LogP contribution in [0.1, 0.15) is 43.0 Å². The molecule has 2 aliphatic heterocycles. The number of likely N-dealkylation sites (tertiary alicyclic amines) is 1. The molecule has 0 bridgehead atoms. The Bertz CT molecular complexity index is 759. The minimum absolute atomic E-state index is 0.0611. The molecule has 4 nitrogen and oxygen atoms in total. The lowest BCUT2D eigenvalue weighted by atomic mass is 9.70. The average molecular weight is 400 g/mol. The highest BCUT2D eigenvalue weighted by molar-refractivity contribution is 7.09. The molecule has 0 radical (unpaired) electrons. The van der Waals surface area contributed by atoms with Crippen LogP contribution in [0.3, 0.4) is 0 Å². The molecule has 0 saturated carbocycles. The Labute approximate surface area is 173 Å². The van der Waals surface area contributed by atoms with E-state index in [-0.39, 0.29) is 11.0 Å². The third-order valence-corrected chi connectivity index (χ3v) is 7.40. The summed E-state index contributed by atoms with van der Waals surface area (Å²) in [6.45, 7) is 14.1. The van der Waals surface area contributed by atoms with Gasteiger partial charge in [0.1, 0.15) is 0 Å². The van der Waals surface area contributed by atoms with Crippen molar-refractivity contribution < 1.29 is 4.74 Å². The summed E-state index contributed by atoms with van der Waals surface area (Å²) in [6.07, 6.45) is 2.28. The van der Waals surface area contributed by atoms with Crippen LogP contribution in [0.4, 0.5) is 0 Å². The average Bonchev–Trinajstić information content (AvgIpc) is 3.17. The summed E-state index contributed by atoms with van der Waals surface area (Å²) in [5.74, 6) is 0. The zero-order valence-electron chi connectivity index (χ0n) is 17.5. The molecule has 1 aromatic carbocycles. The smallest absolute Gasteiger partial charge is 0.0897 e. The van der Waals surface area contributed by atoms with E-state index < -0.39 is 0 Å². The van der Waals surface area contributed by atoms with E-state index in [0.717, 1.165) is 58.8 Å². The largest absolute Gasteiger partial charge is 0.379 e. The molecule has 0 atom stereocenters. The van der Waals surface area contributed by atoms with Gasteiger partial charge < -0.3 is 9.64 Å². The fraction of sp³-hybridized carbons (Fsp3) is 0.609. The number of benzene rings is 1. The Morgan fingerprint density at radius 3 is 2.36 bits per heavy atom. The number of ether oxygens (including phenoxy) is 1. The summed E-state index contributed by atoms with van der Waals surface area (Å²) in [7, 11) is 0. The normalized spacial score (nSPS) is 21.7. The molecule has 0 N–H and O–H groups in total. The second-order valence-corrected chi connectivity index (χ2v) is 9.95. The van der Waals surface area contributed by atoms with Crippen LogP contribution in [0, 0.1) is 6.92 Å². The molecule has 2 aliphatic rings. The monoisotopic (exact) mass is 399 g/mol. The molecular formula is C23H33N3OS. The van der Waals surface area contributed by atoms with Gasteiger partial charge in [0.15, 0.2) is 0 Å². The standard InChI is InChI=1S/C23H33N3OS/c1-19-24-21(17-28-19)23(20-7-5-4-6-8-20)9-11-25(12-10-23)18-22(2,3)26-13-15-27-16-14-26/h4-8,17H,9-16,18H2,1-3H3. The molecule has 152 valence electrons. The van der Waals surface area contributed by atoms with Crippen molar-refractivity contribution >= 4 is 11.3 Å². The Hall–Kier alpha value is -1.27. The molecule has 0 spiro atoms. The number of thiazole rings is 1. The van der Waals surface area contributed by atoms with E-state index in [0.29, 0.717) is 0 Å². The maximum Gasteiger partial charge on any atom is 0.0897 e. The fourth-order valence-corrected chi connectivity index (χ4v) is 5.65. The topological polar surface area (TPSA) is 28.6 Å². The van der Waals surface area contributed by atoms with E-state index in [1.54, 1.807) is 11.3 Å². The van der Waals surface area contributed by atoms with Crippen molar-refractivity contribution in [3.8, 4) is 0 Å². The Morgan fingerprint density at radius 1 is 1.07 bits per heavy atom. The first-order valence-corrected chi connectivity index (χ1v) is 11.4. The second-order valence-electron chi connectivity index (χ2n) is 8.89. The van der Waals surface area contributed by atoms with Gasteiger partial charge in [-0.1, -0.05) is 30.3 Å². The number of morpholine rings is 1. The molecule has 3 heterocycles. The van der Waals surface area contributed by atoms with Crippen LogP contribution in [-0.4, -0.2) is 66.3 Å². The van der Waals surface area contributed by atoms with Gasteiger partial charge >= 0.3 is 0 Å². The maximum atomic E-state index is 5.55. The predicted molar refractivity (Wildman–Crippen MR) is 116 cm³/mol. The van der Waals surface area contributed by atoms with Crippen LogP contribution in [-0.2, 0) is 10.2 Å². The third-order valence-electron chi connectivity index (χ3n) is 6.62. The summed E-state index contributed by atoms with van der Waals surface area (Å²) >= 11 is 1.78. The van der Waals surface area contributed by atoms with E-state index in [1.165, 1.54) is 16.3 Å². The Balaban J connectivity index is 1.49. The third kappa shape index (κ3) is 4.04. The first-order valence-electron chi connectivity index (χ1n) is 10.5. The second kappa shape index (κ2) is 8.23. The lowest BCUT2D eigenvalue weighted by Gasteiger charge is -2.47. The summed E-state index contributed by atoms with van der Waals surface area (Å²) in [6, 6.07) is 11.0. The van der Waals surface area contributed by atoms with E-state index >= 15 is 0 Å². The first kappa shape index (κ1) is 20.0. The highest BCUT2D eigenvalue weighted by atomic mass is 32.1. The molecule has 0 aliphatic carbocycles. The quantitative estimate of drug-likeness (QED) is 0.761. The number of aromatic nitrogens is 1. The molecule has 2 fully saturated rings. The van der Waals surface area contributed by atoms with Crippen molar-refractivity contribution in [3.63, 3.8) is 0 Å². The molecule has 1 aromatic heterocycles. The van der Waals surface area contributed by atoms with Crippen molar-refractivity contribution in [3.05, 3.63) is 52.0 Å². The van der Waals surface area contributed by atoms with Gasteiger partial charge in [-0.25, -0.2) is 4.98 Å². The van der Waals surface area contributed by atoms with Crippen LogP contribution in [0.15, 0.2) is 35.7 Å². The number of piperidine rings is 1. The molecule has 2 aromatic rings. The minimum Gasteiger partial charge on any atom is -0.379 e. The zero-order chi connectivity index (χ0) is 19.6. The van der Waals surface area contributed by atoms with E-state index in [1.807, 2.05) is 0 Å². The van der Waals surface area contributed by atoms with E-state index in [4.69, 9.17) is 9.72 Å². The van der Waals surface area contributed by atoms with Crippen LogP contribution in [0.25, 0.3) is 0 Å². The van der Waals surface area contributed by atoms with Crippen LogP contribution in [0.2, 0.25) is 0 Å². The summed E-state index contributed by atoms with van der Waals surface area (Å²) < 4.78 is 5.55. The van der Waals surface area contributed by atoms with Crippen molar-refractivity contribution in [2.45, 2.75) is 44.6 Å². The van der Waals surface area contributed by atoms with Gasteiger partial charge in [-0.2, -0.15) is 0 Å². The molecular weight excluding hydrogens is 366 g/mol. The van der Waals surface area contributed by atoms with Crippen molar-refractivity contribution in [1.82, 2.24) is 14.8 Å². The number of hydrogen-bond donors (Lipinski definition) is 0. The SMILES string of the molecule is Cc1nc(C2(c3ccccc3)CCN(CC(C)(C)N3CCOCC3)CC2)cs1. The van der Waals surface area contributed by atoms with Crippen molar-refractivity contribution in [2.24, 2.45) is 0 Å². The van der Waals surface area contributed by atoms with Gasteiger partial charge in [0.05, 0.1) is 23.9 Å². The number of aryl methyl sites for hydroxylation is 1. The highest BCUT2D eigenvalue weighted by Crippen LogP contribution is 2.42. The van der Waals surface area contributed by atoms with Crippen LogP contribution >= 0.6 is 11.3 Å². The zero-order valence-corrected chi connectivity index (χ0v) is 18.3. The number of nitrogens with zero attached hydrogens (tertiary/aromatic N) is 3. The van der Waals surface area contributed by atoms with Gasteiger partial charge in [0.2, 0.25) is 0 Å². The lowest BCUT2D eigenvalue weighted by molar-refractivity contribution is -0.0250. The van der Waals surface area contributed by atoms with Crippen LogP contribution in [0.5, 0.6) is 0 Å². The van der Waals surface area contributed by atoms with Gasteiger partial charge in [0, 0.05) is 36.0 Å². The molecule has 0 amide bonds. The van der Waals surface area contributed by atoms with Crippen molar-refractivity contribution in [2.75, 3.05) is 45.9 Å². The number of rotatable bonds is 5. The first-order chi connectivity index (χ1) is 13.5. The van der Waals surface area contributed by atoms with E-state index in [9.17, 15) is 0 Å². The summed E-state index contributed by atoms with van der Waals surface area (Å²) in [5.41, 5.74) is 2.94. The van der Waals surface area contributed by atoms with Gasteiger partial charge in [-0.3, -0.25) is 4.90 Å². The lowest BCUT2D eigenvalue weighted by Crippen LogP contribution is -2.57. The summed E-state index contributed by atoms with van der Waals surface area (Å²) in [5, 5.41) is 3.46. The molecule has 2 saturated heterocycles. The molecule has 5 heteroatoms. The Morgan fingerprint density at radius 2 is 1.75 bits per heavy atom. The van der Waals surface area contributed by atoms with Gasteiger partial charge in [0.25, 0.3) is 0 Å². The van der Waals surface area contributed by atoms with E-state index in [2.05, 4.69) is 66.3 Å². The predicted octanol–water partition coefficient (Wildman–Crippen LogP) is 3.94. The van der Waals surface area contributed by atoms with Gasteiger partial charge in [-0.05, 0) is 52.3 Å². The molecule has 28 heavy (non-hydrogen) atoms. The summed E-state index contributed by atoms with van der Waals surface area (Å²) in [4.78, 5) is 10.2. The molecule has 0 unspecified atom stereocenters. The maximum absolute atomic E-state index is 5.55. The van der Waals surface area contributed by atoms with Gasteiger partial charge in [-0.15, -0.1) is 11.3 Å².